The first-order valence-electron chi connectivity index (χ1n) is 5.40. The molecule has 1 rings (SSSR count). The number of aliphatic hydroxyl groups excluding tert-OH is 1. The highest BCUT2D eigenvalue weighted by Gasteiger charge is 1.94. The summed E-state index contributed by atoms with van der Waals surface area (Å²) in [4.78, 5) is 0. The monoisotopic (exact) mass is 209 g/mol. The average Bonchev–Trinajstić information content (AvgIpc) is 2.27. The second-order valence-electron chi connectivity index (χ2n) is 3.32. The molecule has 0 aliphatic carbocycles. The van der Waals surface area contributed by atoms with E-state index in [-0.39, 0.29) is 6.61 Å². The van der Waals surface area contributed by atoms with E-state index in [0.29, 0.717) is 13.0 Å². The summed E-state index contributed by atoms with van der Waals surface area (Å²) in [6.45, 7) is 4.80. The smallest absolute Gasteiger partial charge is 0.119 e. The van der Waals surface area contributed by atoms with E-state index in [4.69, 9.17) is 9.84 Å². The van der Waals surface area contributed by atoms with Gasteiger partial charge in [0.05, 0.1) is 0 Å². The standard InChI is InChI=1S/C12H19NO2/c1-2-13-8-10-15-12-5-3-11(4-6-12)7-9-14/h3-6,13-14H,2,7-10H2,1H3. The van der Waals surface area contributed by atoms with Gasteiger partial charge in [-0.25, -0.2) is 0 Å². The maximum absolute atomic E-state index is 8.75. The minimum absolute atomic E-state index is 0.195. The average molecular weight is 209 g/mol. The molecule has 0 saturated carbocycles. The van der Waals surface area contributed by atoms with Gasteiger partial charge in [-0.3, -0.25) is 0 Å². The molecule has 3 heteroatoms. The van der Waals surface area contributed by atoms with Gasteiger partial charge < -0.3 is 15.2 Å². The lowest BCUT2D eigenvalue weighted by atomic mass is 10.1. The lowest BCUT2D eigenvalue weighted by Gasteiger charge is -2.07. The predicted molar refractivity (Wildman–Crippen MR) is 61.3 cm³/mol. The van der Waals surface area contributed by atoms with E-state index in [1.807, 2.05) is 24.3 Å². The van der Waals surface area contributed by atoms with Crippen LogP contribution in [0.25, 0.3) is 0 Å². The van der Waals surface area contributed by atoms with E-state index in [2.05, 4.69) is 12.2 Å². The van der Waals surface area contributed by atoms with Crippen LogP contribution in [0.4, 0.5) is 0 Å². The van der Waals surface area contributed by atoms with Crippen molar-refractivity contribution in [2.45, 2.75) is 13.3 Å². The molecular formula is C12H19NO2. The summed E-state index contributed by atoms with van der Waals surface area (Å²) in [6, 6.07) is 7.85. The Morgan fingerprint density at radius 1 is 1.27 bits per heavy atom. The zero-order valence-electron chi connectivity index (χ0n) is 9.20. The van der Waals surface area contributed by atoms with Crippen LogP contribution >= 0.6 is 0 Å². The van der Waals surface area contributed by atoms with Crippen molar-refractivity contribution in [1.29, 1.82) is 0 Å². The SMILES string of the molecule is CCNCCOc1ccc(CCO)cc1. The zero-order chi connectivity index (χ0) is 10.9. The second kappa shape index (κ2) is 7.26. The highest BCUT2D eigenvalue weighted by atomic mass is 16.5. The van der Waals surface area contributed by atoms with E-state index in [0.717, 1.165) is 24.4 Å². The highest BCUT2D eigenvalue weighted by molar-refractivity contribution is 5.27. The first-order chi connectivity index (χ1) is 7.36. The molecule has 0 amide bonds. The molecule has 0 saturated heterocycles. The third kappa shape index (κ3) is 4.81. The molecule has 3 nitrogen and oxygen atoms in total. The zero-order valence-corrected chi connectivity index (χ0v) is 9.20. The molecular weight excluding hydrogens is 190 g/mol. The number of hydrogen-bond acceptors (Lipinski definition) is 3. The fraction of sp³-hybridized carbons (Fsp3) is 0.500. The van der Waals surface area contributed by atoms with Gasteiger partial charge in [0.25, 0.3) is 0 Å². The molecule has 0 bridgehead atoms. The van der Waals surface area contributed by atoms with Crippen molar-refractivity contribution in [1.82, 2.24) is 5.32 Å². The molecule has 0 aliphatic heterocycles. The van der Waals surface area contributed by atoms with E-state index in [1.165, 1.54) is 0 Å². The van der Waals surface area contributed by atoms with Gasteiger partial charge in [0, 0.05) is 13.2 Å². The number of benzene rings is 1. The normalized spacial score (nSPS) is 10.3. The third-order valence-corrected chi connectivity index (χ3v) is 2.12. The first-order valence-corrected chi connectivity index (χ1v) is 5.40. The van der Waals surface area contributed by atoms with E-state index in [9.17, 15) is 0 Å². The fourth-order valence-corrected chi connectivity index (χ4v) is 1.30. The Morgan fingerprint density at radius 2 is 2.00 bits per heavy atom. The number of hydrogen-bond donors (Lipinski definition) is 2. The maximum atomic E-state index is 8.75. The van der Waals surface area contributed by atoms with Gasteiger partial charge in [-0.15, -0.1) is 0 Å². The topological polar surface area (TPSA) is 41.5 Å². The van der Waals surface area contributed by atoms with E-state index >= 15 is 0 Å². The highest BCUT2D eigenvalue weighted by Crippen LogP contribution is 2.12. The van der Waals surface area contributed by atoms with Gasteiger partial charge in [0.1, 0.15) is 12.4 Å². The number of rotatable bonds is 7. The van der Waals surface area contributed by atoms with Crippen LogP contribution in [0.3, 0.4) is 0 Å². The summed E-state index contributed by atoms with van der Waals surface area (Å²) in [5.41, 5.74) is 1.14. The van der Waals surface area contributed by atoms with Crippen LogP contribution in [0.5, 0.6) is 5.75 Å². The van der Waals surface area contributed by atoms with Crippen LogP contribution in [0, 0.1) is 0 Å². The Balaban J connectivity index is 2.29. The van der Waals surface area contributed by atoms with E-state index in [1.54, 1.807) is 0 Å². The third-order valence-electron chi connectivity index (χ3n) is 2.12. The van der Waals surface area contributed by atoms with Gasteiger partial charge in [-0.2, -0.15) is 0 Å². The molecule has 15 heavy (non-hydrogen) atoms. The summed E-state index contributed by atoms with van der Waals surface area (Å²) in [5.74, 6) is 0.884. The Labute approximate surface area is 91.1 Å². The Bertz CT molecular complexity index is 259. The lowest BCUT2D eigenvalue weighted by Crippen LogP contribution is -2.20. The summed E-state index contributed by atoms with van der Waals surface area (Å²) in [6.07, 6.45) is 0.706. The molecule has 0 unspecified atom stereocenters. The number of likely N-dealkylation sites (N-methyl/N-ethyl adjacent to an activating group) is 1. The van der Waals surface area contributed by atoms with Gasteiger partial charge in [0.2, 0.25) is 0 Å². The predicted octanol–water partition coefficient (Wildman–Crippen LogP) is 1.21. The van der Waals surface area contributed by atoms with Crippen LogP contribution < -0.4 is 10.1 Å². The lowest BCUT2D eigenvalue weighted by molar-refractivity contribution is 0.299. The van der Waals surface area contributed by atoms with Crippen LogP contribution in [0.2, 0.25) is 0 Å². The number of nitrogens with one attached hydrogen (secondary N) is 1. The molecule has 2 N–H and O–H groups in total. The van der Waals surface area contributed by atoms with Gasteiger partial charge in [-0.1, -0.05) is 19.1 Å². The fourth-order valence-electron chi connectivity index (χ4n) is 1.30. The van der Waals surface area contributed by atoms with Crippen LogP contribution in [0.15, 0.2) is 24.3 Å². The van der Waals surface area contributed by atoms with Crippen molar-refractivity contribution in [2.75, 3.05) is 26.3 Å². The molecule has 0 aromatic heterocycles. The molecule has 0 aliphatic rings. The summed E-state index contributed by atoms with van der Waals surface area (Å²) in [7, 11) is 0. The molecule has 0 radical (unpaired) electrons. The Morgan fingerprint density at radius 3 is 2.60 bits per heavy atom. The minimum atomic E-state index is 0.195. The van der Waals surface area contributed by atoms with Gasteiger partial charge in [-0.05, 0) is 30.7 Å². The van der Waals surface area contributed by atoms with Gasteiger partial charge in [0.15, 0.2) is 0 Å². The van der Waals surface area contributed by atoms with Crippen molar-refractivity contribution in [2.24, 2.45) is 0 Å². The van der Waals surface area contributed by atoms with Crippen molar-refractivity contribution >= 4 is 0 Å². The molecule has 0 heterocycles. The second-order valence-corrected chi connectivity index (χ2v) is 3.32. The molecule has 84 valence electrons. The number of aliphatic hydroxyl groups is 1. The quantitative estimate of drug-likeness (QED) is 0.663. The van der Waals surface area contributed by atoms with E-state index < -0.39 is 0 Å². The van der Waals surface area contributed by atoms with Crippen LogP contribution in [-0.2, 0) is 6.42 Å². The van der Waals surface area contributed by atoms with Gasteiger partial charge >= 0.3 is 0 Å². The maximum Gasteiger partial charge on any atom is 0.119 e. The van der Waals surface area contributed by atoms with Crippen molar-refractivity contribution < 1.29 is 9.84 Å². The summed E-state index contributed by atoms with van der Waals surface area (Å²) in [5, 5.41) is 11.9. The first kappa shape index (κ1) is 12.0. The molecule has 0 spiro atoms. The van der Waals surface area contributed by atoms with Crippen molar-refractivity contribution in [3.05, 3.63) is 29.8 Å². The van der Waals surface area contributed by atoms with Crippen LogP contribution in [-0.4, -0.2) is 31.4 Å². The minimum Gasteiger partial charge on any atom is -0.492 e. The molecule has 1 aromatic rings. The molecule has 0 atom stereocenters. The summed E-state index contributed by atoms with van der Waals surface area (Å²) < 4.78 is 5.52. The molecule has 0 fully saturated rings. The number of ether oxygens (including phenoxy) is 1. The largest absolute Gasteiger partial charge is 0.492 e. The molecule has 1 aromatic carbocycles. The Hall–Kier alpha value is -1.06. The van der Waals surface area contributed by atoms with Crippen molar-refractivity contribution in [3.8, 4) is 5.75 Å². The Kier molecular flexibility index (Phi) is 5.81. The summed E-state index contributed by atoms with van der Waals surface area (Å²) >= 11 is 0. The van der Waals surface area contributed by atoms with Crippen molar-refractivity contribution in [3.63, 3.8) is 0 Å². The van der Waals surface area contributed by atoms with Crippen LogP contribution in [0.1, 0.15) is 12.5 Å².